The smallest absolute Gasteiger partial charge is 0.130 e. The minimum atomic E-state index is -0.255. The van der Waals surface area contributed by atoms with E-state index in [2.05, 4.69) is 31.9 Å². The molecule has 4 heteroatoms. The molecular weight excluding hydrogens is 387 g/mol. The predicted molar refractivity (Wildman–Crippen MR) is 87.3 cm³/mol. The van der Waals surface area contributed by atoms with Crippen LogP contribution < -0.4 is 4.74 Å². The van der Waals surface area contributed by atoms with Crippen molar-refractivity contribution in [3.63, 3.8) is 0 Å². The van der Waals surface area contributed by atoms with Crippen LogP contribution in [0.4, 0.5) is 4.39 Å². The minimum absolute atomic E-state index is 0.187. The van der Waals surface area contributed by atoms with E-state index >= 15 is 0 Å². The van der Waals surface area contributed by atoms with Gasteiger partial charge in [0.2, 0.25) is 0 Å². The van der Waals surface area contributed by atoms with E-state index in [1.54, 1.807) is 26.2 Å². The molecule has 0 amide bonds. The van der Waals surface area contributed by atoms with E-state index in [0.29, 0.717) is 11.1 Å². The van der Waals surface area contributed by atoms with Crippen molar-refractivity contribution in [3.05, 3.63) is 62.9 Å². The highest BCUT2D eigenvalue weighted by molar-refractivity contribution is 9.10. The summed E-state index contributed by atoms with van der Waals surface area (Å²) in [4.78, 5) is -0.255. The molecule has 0 N–H and O–H groups in total. The van der Waals surface area contributed by atoms with Gasteiger partial charge in [-0.1, -0.05) is 50.1 Å². The molecule has 1 unspecified atom stereocenters. The maximum Gasteiger partial charge on any atom is 0.130 e. The standard InChI is InChI=1S/C16H15Br2FO/c1-9-5-4-6-11(16(9)19)15(18)12-8-13(17)10(2)7-14(12)20-3/h4-8,15H,1-3H3. The number of alkyl halides is 1. The van der Waals surface area contributed by atoms with Crippen molar-refractivity contribution in [1.82, 2.24) is 0 Å². The van der Waals surface area contributed by atoms with E-state index in [-0.39, 0.29) is 10.6 Å². The molecule has 0 saturated carbocycles. The van der Waals surface area contributed by atoms with E-state index in [0.717, 1.165) is 21.3 Å². The fourth-order valence-corrected chi connectivity index (χ4v) is 3.15. The zero-order chi connectivity index (χ0) is 14.9. The van der Waals surface area contributed by atoms with Crippen molar-refractivity contribution in [2.75, 3.05) is 7.11 Å². The van der Waals surface area contributed by atoms with Crippen LogP contribution in [0.5, 0.6) is 5.75 Å². The average Bonchev–Trinajstić information content (AvgIpc) is 2.43. The van der Waals surface area contributed by atoms with Crippen LogP contribution in [0.15, 0.2) is 34.8 Å². The third-order valence-corrected chi connectivity index (χ3v) is 5.12. The molecule has 2 aromatic rings. The van der Waals surface area contributed by atoms with Gasteiger partial charge < -0.3 is 4.74 Å². The van der Waals surface area contributed by atoms with Gasteiger partial charge in [-0.15, -0.1) is 0 Å². The van der Waals surface area contributed by atoms with Crippen molar-refractivity contribution in [1.29, 1.82) is 0 Å². The van der Waals surface area contributed by atoms with E-state index in [1.807, 2.05) is 25.1 Å². The summed E-state index contributed by atoms with van der Waals surface area (Å²) in [5.74, 6) is 0.557. The van der Waals surface area contributed by atoms with Crippen molar-refractivity contribution < 1.29 is 9.13 Å². The van der Waals surface area contributed by atoms with Crippen LogP contribution in [0.25, 0.3) is 0 Å². The van der Waals surface area contributed by atoms with Crippen LogP contribution in [-0.2, 0) is 0 Å². The quantitative estimate of drug-likeness (QED) is 0.599. The molecule has 0 heterocycles. The van der Waals surface area contributed by atoms with Crippen molar-refractivity contribution >= 4 is 31.9 Å². The van der Waals surface area contributed by atoms with Gasteiger partial charge in [-0.25, -0.2) is 4.39 Å². The third kappa shape index (κ3) is 2.91. The summed E-state index contributed by atoms with van der Waals surface area (Å²) in [5.41, 5.74) is 3.22. The molecule has 0 aromatic heterocycles. The Balaban J connectivity index is 2.55. The second-order valence-corrected chi connectivity index (χ2v) is 6.45. The molecule has 0 aliphatic carbocycles. The lowest BCUT2D eigenvalue weighted by molar-refractivity contribution is 0.410. The van der Waals surface area contributed by atoms with Crippen molar-refractivity contribution in [2.45, 2.75) is 18.7 Å². The van der Waals surface area contributed by atoms with Gasteiger partial charge in [0.25, 0.3) is 0 Å². The molecule has 1 nitrogen and oxygen atoms in total. The highest BCUT2D eigenvalue weighted by Crippen LogP contribution is 2.40. The lowest BCUT2D eigenvalue weighted by atomic mass is 10.0. The van der Waals surface area contributed by atoms with Crippen molar-refractivity contribution in [3.8, 4) is 5.75 Å². The fourth-order valence-electron chi connectivity index (χ4n) is 2.08. The Morgan fingerprint density at radius 1 is 1.10 bits per heavy atom. The van der Waals surface area contributed by atoms with Gasteiger partial charge in [0.15, 0.2) is 0 Å². The summed E-state index contributed by atoms with van der Waals surface area (Å²) < 4.78 is 20.7. The number of halogens is 3. The SMILES string of the molecule is COc1cc(C)c(Br)cc1C(Br)c1cccc(C)c1F. The molecule has 106 valence electrons. The lowest BCUT2D eigenvalue weighted by Gasteiger charge is -2.17. The summed E-state index contributed by atoms with van der Waals surface area (Å²) in [6.07, 6.45) is 0. The third-order valence-electron chi connectivity index (χ3n) is 3.28. The molecule has 0 spiro atoms. The molecule has 2 rings (SSSR count). The summed E-state index contributed by atoms with van der Waals surface area (Å²) in [6, 6.07) is 9.32. The highest BCUT2D eigenvalue weighted by Gasteiger charge is 2.20. The molecule has 0 bridgehead atoms. The monoisotopic (exact) mass is 400 g/mol. The molecule has 1 atom stereocenters. The number of hydrogen-bond donors (Lipinski definition) is 0. The van der Waals surface area contributed by atoms with Gasteiger partial charge in [0, 0.05) is 15.6 Å². The van der Waals surface area contributed by atoms with Gasteiger partial charge in [0.1, 0.15) is 11.6 Å². The molecular formula is C16H15Br2FO. The van der Waals surface area contributed by atoms with E-state index in [1.165, 1.54) is 0 Å². The minimum Gasteiger partial charge on any atom is -0.496 e. The number of ether oxygens (including phenoxy) is 1. The Labute approximate surface area is 135 Å². The van der Waals surface area contributed by atoms with Crippen LogP contribution in [0, 0.1) is 19.7 Å². The van der Waals surface area contributed by atoms with Crippen LogP contribution in [0.1, 0.15) is 27.1 Å². The number of methoxy groups -OCH3 is 1. The Bertz CT molecular complexity index is 641. The second kappa shape index (κ2) is 6.27. The zero-order valence-electron chi connectivity index (χ0n) is 11.5. The summed E-state index contributed by atoms with van der Waals surface area (Å²) in [6.45, 7) is 3.76. The normalized spacial score (nSPS) is 12.3. The summed E-state index contributed by atoms with van der Waals surface area (Å²) in [7, 11) is 1.62. The first-order valence-electron chi connectivity index (χ1n) is 6.18. The topological polar surface area (TPSA) is 9.23 Å². The largest absolute Gasteiger partial charge is 0.496 e. The van der Waals surface area contributed by atoms with E-state index in [9.17, 15) is 4.39 Å². The molecule has 2 aromatic carbocycles. The maximum atomic E-state index is 14.3. The van der Waals surface area contributed by atoms with Gasteiger partial charge in [-0.3, -0.25) is 0 Å². The number of hydrogen-bond acceptors (Lipinski definition) is 1. The van der Waals surface area contributed by atoms with E-state index < -0.39 is 0 Å². The number of benzene rings is 2. The van der Waals surface area contributed by atoms with Crippen LogP contribution in [0.2, 0.25) is 0 Å². The molecule has 20 heavy (non-hydrogen) atoms. The second-order valence-electron chi connectivity index (χ2n) is 4.68. The predicted octanol–water partition coefficient (Wildman–Crippen LogP) is 5.70. The van der Waals surface area contributed by atoms with Crippen LogP contribution >= 0.6 is 31.9 Å². The van der Waals surface area contributed by atoms with Crippen molar-refractivity contribution in [2.24, 2.45) is 0 Å². The highest BCUT2D eigenvalue weighted by atomic mass is 79.9. The van der Waals surface area contributed by atoms with E-state index in [4.69, 9.17) is 4.74 Å². The molecule has 0 aliphatic rings. The lowest BCUT2D eigenvalue weighted by Crippen LogP contribution is -2.01. The van der Waals surface area contributed by atoms with Gasteiger partial charge in [-0.2, -0.15) is 0 Å². The number of aryl methyl sites for hydroxylation is 2. The summed E-state index contributed by atoms with van der Waals surface area (Å²) >= 11 is 7.10. The molecule has 0 saturated heterocycles. The fraction of sp³-hybridized carbons (Fsp3) is 0.250. The molecule has 0 radical (unpaired) electrons. The van der Waals surface area contributed by atoms with Gasteiger partial charge >= 0.3 is 0 Å². The molecule has 0 aliphatic heterocycles. The number of rotatable bonds is 3. The first-order chi connectivity index (χ1) is 9.45. The first-order valence-corrected chi connectivity index (χ1v) is 7.89. The Hall–Kier alpha value is -0.870. The Morgan fingerprint density at radius 3 is 2.45 bits per heavy atom. The zero-order valence-corrected chi connectivity index (χ0v) is 14.7. The van der Waals surface area contributed by atoms with Crippen LogP contribution in [-0.4, -0.2) is 7.11 Å². The molecule has 0 fully saturated rings. The average molecular weight is 402 g/mol. The van der Waals surface area contributed by atoms with Gasteiger partial charge in [-0.05, 0) is 37.1 Å². The van der Waals surface area contributed by atoms with Gasteiger partial charge in [0.05, 0.1) is 11.9 Å². The Morgan fingerprint density at radius 2 is 1.80 bits per heavy atom. The maximum absolute atomic E-state index is 14.3. The first kappa shape index (κ1) is 15.5. The van der Waals surface area contributed by atoms with Crippen LogP contribution in [0.3, 0.4) is 0 Å². The summed E-state index contributed by atoms with van der Waals surface area (Å²) in [5, 5.41) is 0. The Kier molecular flexibility index (Phi) is 4.86.